The number of amides is 2. The van der Waals surface area contributed by atoms with Crippen LogP contribution in [0.4, 0.5) is 0 Å². The Kier molecular flexibility index (Phi) is 5.88. The molecule has 2 aliphatic rings. The quantitative estimate of drug-likeness (QED) is 0.688. The minimum atomic E-state index is -0.200. The number of methoxy groups -OCH3 is 1. The molecule has 0 bridgehead atoms. The molecule has 5 nitrogen and oxygen atoms in total. The van der Waals surface area contributed by atoms with Crippen molar-refractivity contribution in [1.29, 1.82) is 0 Å². The first-order valence-corrected chi connectivity index (χ1v) is 10.7. The SMILES string of the molecule is CCN1C(=O)C(c2ccc(OC)cc2)=C(N2CCC(Cc3ccccc3)CC2)C1=O. The van der Waals surface area contributed by atoms with Gasteiger partial charge in [-0.15, -0.1) is 0 Å². The molecule has 0 radical (unpaired) electrons. The van der Waals surface area contributed by atoms with Gasteiger partial charge in [-0.2, -0.15) is 0 Å². The minimum Gasteiger partial charge on any atom is -0.497 e. The van der Waals surface area contributed by atoms with E-state index >= 15 is 0 Å². The molecule has 0 N–H and O–H groups in total. The second-order valence-corrected chi connectivity index (χ2v) is 7.93. The Hall–Kier alpha value is -3.08. The Morgan fingerprint density at radius 1 is 0.933 bits per heavy atom. The summed E-state index contributed by atoms with van der Waals surface area (Å²) in [4.78, 5) is 29.6. The predicted molar refractivity (Wildman–Crippen MR) is 117 cm³/mol. The van der Waals surface area contributed by atoms with E-state index in [4.69, 9.17) is 4.74 Å². The van der Waals surface area contributed by atoms with Crippen LogP contribution < -0.4 is 4.74 Å². The molecule has 2 aromatic carbocycles. The average Bonchev–Trinajstić information content (AvgIpc) is 3.04. The summed E-state index contributed by atoms with van der Waals surface area (Å²) in [6, 6.07) is 17.9. The van der Waals surface area contributed by atoms with Crippen LogP contribution in [-0.4, -0.2) is 48.4 Å². The van der Waals surface area contributed by atoms with E-state index in [9.17, 15) is 9.59 Å². The number of hydrogen-bond donors (Lipinski definition) is 0. The van der Waals surface area contributed by atoms with Crippen LogP contribution in [0.5, 0.6) is 5.75 Å². The minimum absolute atomic E-state index is 0.171. The van der Waals surface area contributed by atoms with E-state index in [1.54, 1.807) is 7.11 Å². The highest BCUT2D eigenvalue weighted by Gasteiger charge is 2.41. The molecule has 2 aliphatic heterocycles. The molecular weight excluding hydrogens is 376 g/mol. The van der Waals surface area contributed by atoms with E-state index < -0.39 is 0 Å². The highest BCUT2D eigenvalue weighted by Crippen LogP contribution is 2.34. The summed E-state index contributed by atoms with van der Waals surface area (Å²) in [6.07, 6.45) is 3.09. The van der Waals surface area contributed by atoms with Crippen molar-refractivity contribution in [2.75, 3.05) is 26.7 Å². The Morgan fingerprint density at radius 2 is 1.60 bits per heavy atom. The number of nitrogens with zero attached hydrogens (tertiary/aromatic N) is 2. The van der Waals surface area contributed by atoms with Crippen molar-refractivity contribution in [1.82, 2.24) is 9.80 Å². The number of benzene rings is 2. The molecule has 1 saturated heterocycles. The van der Waals surface area contributed by atoms with E-state index in [0.29, 0.717) is 23.7 Å². The van der Waals surface area contributed by atoms with Crippen LogP contribution in [0.3, 0.4) is 0 Å². The topological polar surface area (TPSA) is 49.9 Å². The first-order chi connectivity index (χ1) is 14.6. The molecule has 0 spiro atoms. The summed E-state index contributed by atoms with van der Waals surface area (Å²) in [5, 5.41) is 0. The zero-order chi connectivity index (χ0) is 21.1. The second-order valence-electron chi connectivity index (χ2n) is 7.93. The van der Waals surface area contributed by atoms with Crippen molar-refractivity contribution in [3.63, 3.8) is 0 Å². The van der Waals surface area contributed by atoms with Crippen molar-refractivity contribution in [2.45, 2.75) is 26.2 Å². The molecule has 2 heterocycles. The first kappa shape index (κ1) is 20.2. The lowest BCUT2D eigenvalue weighted by molar-refractivity contribution is -0.137. The van der Waals surface area contributed by atoms with Gasteiger partial charge in [0.05, 0.1) is 12.7 Å². The fraction of sp³-hybridized carbons (Fsp3) is 0.360. The molecular formula is C25H28N2O3. The summed E-state index contributed by atoms with van der Waals surface area (Å²) in [5.74, 6) is 0.957. The van der Waals surface area contributed by atoms with E-state index in [1.165, 1.54) is 10.5 Å². The lowest BCUT2D eigenvalue weighted by atomic mass is 9.89. The van der Waals surface area contributed by atoms with E-state index in [-0.39, 0.29) is 11.8 Å². The number of hydrogen-bond acceptors (Lipinski definition) is 4. The van der Waals surface area contributed by atoms with Crippen molar-refractivity contribution in [3.05, 3.63) is 71.4 Å². The third-order valence-corrected chi connectivity index (χ3v) is 6.14. The third kappa shape index (κ3) is 3.84. The number of imide groups is 1. The summed E-state index contributed by atoms with van der Waals surface area (Å²) in [7, 11) is 1.61. The Bertz CT molecular complexity index is 942. The monoisotopic (exact) mass is 404 g/mol. The number of carbonyl (C=O) groups excluding carboxylic acids is 2. The van der Waals surface area contributed by atoms with Gasteiger partial charge in [-0.25, -0.2) is 0 Å². The molecule has 0 aromatic heterocycles. The fourth-order valence-corrected chi connectivity index (χ4v) is 4.47. The first-order valence-electron chi connectivity index (χ1n) is 10.7. The predicted octanol–water partition coefficient (Wildman–Crippen LogP) is 3.75. The molecule has 0 saturated carbocycles. The maximum Gasteiger partial charge on any atom is 0.277 e. The number of carbonyl (C=O) groups is 2. The van der Waals surface area contributed by atoms with Crippen molar-refractivity contribution >= 4 is 17.4 Å². The molecule has 0 aliphatic carbocycles. The molecule has 5 heteroatoms. The summed E-state index contributed by atoms with van der Waals surface area (Å²) >= 11 is 0. The fourth-order valence-electron chi connectivity index (χ4n) is 4.47. The van der Waals surface area contributed by atoms with Gasteiger partial charge in [0.25, 0.3) is 11.8 Å². The Morgan fingerprint density at radius 3 is 2.20 bits per heavy atom. The lowest BCUT2D eigenvalue weighted by Crippen LogP contribution is -2.39. The van der Waals surface area contributed by atoms with Gasteiger partial charge >= 0.3 is 0 Å². The molecule has 30 heavy (non-hydrogen) atoms. The van der Waals surface area contributed by atoms with Crippen molar-refractivity contribution in [3.8, 4) is 5.75 Å². The zero-order valence-corrected chi connectivity index (χ0v) is 17.6. The smallest absolute Gasteiger partial charge is 0.277 e. The summed E-state index contributed by atoms with van der Waals surface area (Å²) in [5.41, 5.74) is 3.21. The maximum absolute atomic E-state index is 13.1. The number of rotatable bonds is 6. The van der Waals surface area contributed by atoms with Crippen LogP contribution in [0.15, 0.2) is 60.3 Å². The van der Waals surface area contributed by atoms with Gasteiger partial charge in [0.15, 0.2) is 0 Å². The average molecular weight is 405 g/mol. The molecule has 4 rings (SSSR count). The van der Waals surface area contributed by atoms with E-state index in [1.807, 2.05) is 37.3 Å². The van der Waals surface area contributed by atoms with Gasteiger partial charge in [0, 0.05) is 19.6 Å². The van der Waals surface area contributed by atoms with Crippen molar-refractivity contribution in [2.24, 2.45) is 5.92 Å². The molecule has 2 aromatic rings. The summed E-state index contributed by atoms with van der Waals surface area (Å²) in [6.45, 7) is 3.81. The molecule has 0 atom stereocenters. The zero-order valence-electron chi connectivity index (χ0n) is 17.6. The highest BCUT2D eigenvalue weighted by atomic mass is 16.5. The highest BCUT2D eigenvalue weighted by molar-refractivity contribution is 6.35. The number of likely N-dealkylation sites (N-methyl/N-ethyl adjacent to an activating group) is 1. The second kappa shape index (κ2) is 8.74. The molecule has 1 fully saturated rings. The normalized spacial score (nSPS) is 17.8. The largest absolute Gasteiger partial charge is 0.497 e. The summed E-state index contributed by atoms with van der Waals surface area (Å²) < 4.78 is 5.24. The van der Waals surface area contributed by atoms with E-state index in [0.717, 1.165) is 43.7 Å². The Labute approximate surface area is 177 Å². The van der Waals surface area contributed by atoms with Gasteiger partial charge in [-0.3, -0.25) is 14.5 Å². The Balaban J connectivity index is 1.57. The standard InChI is InChI=1S/C25H28N2O3/c1-3-27-24(28)22(20-9-11-21(30-2)12-10-20)23(25(27)29)26-15-13-19(14-16-26)17-18-7-5-4-6-8-18/h4-12,19H,3,13-17H2,1-2H3. The van der Waals surface area contributed by atoms with Crippen LogP contribution in [0.2, 0.25) is 0 Å². The van der Waals surface area contributed by atoms with Gasteiger partial charge in [-0.1, -0.05) is 42.5 Å². The van der Waals surface area contributed by atoms with Gasteiger partial charge in [0.2, 0.25) is 0 Å². The number of ether oxygens (including phenoxy) is 1. The van der Waals surface area contributed by atoms with Crippen molar-refractivity contribution < 1.29 is 14.3 Å². The molecule has 2 amide bonds. The van der Waals surface area contributed by atoms with Gasteiger partial charge in [-0.05, 0) is 55.4 Å². The molecule has 0 unspecified atom stereocenters. The lowest BCUT2D eigenvalue weighted by Gasteiger charge is -2.34. The number of likely N-dealkylation sites (tertiary alicyclic amines) is 1. The van der Waals surface area contributed by atoms with Crippen LogP contribution in [0.1, 0.15) is 30.9 Å². The molecule has 156 valence electrons. The van der Waals surface area contributed by atoms with Crippen LogP contribution in [0.25, 0.3) is 5.57 Å². The van der Waals surface area contributed by atoms with Gasteiger partial charge in [0.1, 0.15) is 11.4 Å². The number of piperidine rings is 1. The van der Waals surface area contributed by atoms with Crippen LogP contribution in [-0.2, 0) is 16.0 Å². The van der Waals surface area contributed by atoms with Crippen LogP contribution in [0, 0.1) is 5.92 Å². The van der Waals surface area contributed by atoms with Crippen LogP contribution >= 0.6 is 0 Å². The third-order valence-electron chi connectivity index (χ3n) is 6.14. The maximum atomic E-state index is 13.1. The van der Waals surface area contributed by atoms with E-state index in [2.05, 4.69) is 29.2 Å². The van der Waals surface area contributed by atoms with Gasteiger partial charge < -0.3 is 9.64 Å².